The summed E-state index contributed by atoms with van der Waals surface area (Å²) in [6.07, 6.45) is 0. The summed E-state index contributed by atoms with van der Waals surface area (Å²) >= 11 is 0. The van der Waals surface area contributed by atoms with Gasteiger partial charge in [-0.25, -0.2) is 0 Å². The summed E-state index contributed by atoms with van der Waals surface area (Å²) in [7, 11) is 4.81. The van der Waals surface area contributed by atoms with E-state index in [4.69, 9.17) is 14.2 Å². The molecule has 2 N–H and O–H groups in total. The quantitative estimate of drug-likeness (QED) is 0.727. The normalized spacial score (nSPS) is 10.6. The molecule has 2 aromatic carbocycles. The third-order valence-corrected chi connectivity index (χ3v) is 3.73. The molecule has 0 saturated carbocycles. The van der Waals surface area contributed by atoms with E-state index in [0.717, 1.165) is 16.9 Å². The van der Waals surface area contributed by atoms with Crippen LogP contribution in [-0.2, 0) is 6.54 Å². The first-order valence-corrected chi connectivity index (χ1v) is 7.35. The molecule has 5 nitrogen and oxygen atoms in total. The number of hydrogen-bond acceptors (Lipinski definition) is 4. The molecule has 0 unspecified atom stereocenters. The van der Waals surface area contributed by atoms with Crippen LogP contribution in [0.15, 0.2) is 42.5 Å². The van der Waals surface area contributed by atoms with E-state index >= 15 is 0 Å². The first-order valence-electron chi connectivity index (χ1n) is 7.35. The van der Waals surface area contributed by atoms with Crippen LogP contribution in [0.3, 0.4) is 0 Å². The Morgan fingerprint density at radius 2 is 1.61 bits per heavy atom. The lowest BCUT2D eigenvalue weighted by atomic mass is 10.2. The number of anilines is 1. The molecule has 0 atom stereocenters. The van der Waals surface area contributed by atoms with Gasteiger partial charge in [0.1, 0.15) is 0 Å². The minimum absolute atomic E-state index is 0.589. The molecular formula is C18H20N2O3. The Morgan fingerprint density at radius 3 is 2.22 bits per heavy atom. The lowest BCUT2D eigenvalue weighted by Gasteiger charge is -2.14. The van der Waals surface area contributed by atoms with Crippen LogP contribution in [0, 0.1) is 0 Å². The van der Waals surface area contributed by atoms with Gasteiger partial charge in [0.15, 0.2) is 11.5 Å². The van der Waals surface area contributed by atoms with Gasteiger partial charge in [-0.1, -0.05) is 18.2 Å². The topological polar surface area (TPSA) is 55.5 Å². The first-order chi connectivity index (χ1) is 11.2. The average Bonchev–Trinajstić information content (AvgIpc) is 3.01. The molecule has 0 aliphatic rings. The summed E-state index contributed by atoms with van der Waals surface area (Å²) < 4.78 is 16.1. The summed E-state index contributed by atoms with van der Waals surface area (Å²) in [6, 6.07) is 14.1. The van der Waals surface area contributed by atoms with E-state index in [-0.39, 0.29) is 0 Å². The van der Waals surface area contributed by atoms with Crippen molar-refractivity contribution in [2.45, 2.75) is 6.54 Å². The van der Waals surface area contributed by atoms with E-state index < -0.39 is 0 Å². The standard InChI is InChI=1S/C18H20N2O3/c1-21-16-9-13(10-17(22-2)18(16)23-3)19-11-14-8-12-6-4-5-7-15(12)20-14/h4-10,19-20H,11H2,1-3H3. The minimum atomic E-state index is 0.589. The molecule has 0 bridgehead atoms. The zero-order valence-corrected chi connectivity index (χ0v) is 13.5. The van der Waals surface area contributed by atoms with E-state index in [2.05, 4.69) is 28.5 Å². The molecule has 0 spiro atoms. The molecule has 0 radical (unpaired) electrons. The van der Waals surface area contributed by atoms with Crippen LogP contribution in [0.2, 0.25) is 0 Å². The monoisotopic (exact) mass is 312 g/mol. The minimum Gasteiger partial charge on any atom is -0.493 e. The highest BCUT2D eigenvalue weighted by molar-refractivity contribution is 5.80. The van der Waals surface area contributed by atoms with Gasteiger partial charge in [0.05, 0.1) is 27.9 Å². The second kappa shape index (κ2) is 6.52. The zero-order valence-electron chi connectivity index (χ0n) is 13.5. The Balaban J connectivity index is 1.82. The van der Waals surface area contributed by atoms with Crippen LogP contribution in [-0.4, -0.2) is 26.3 Å². The van der Waals surface area contributed by atoms with Crippen LogP contribution in [0.4, 0.5) is 5.69 Å². The molecule has 5 heteroatoms. The Labute approximate surface area is 135 Å². The van der Waals surface area contributed by atoms with Gasteiger partial charge in [0.25, 0.3) is 0 Å². The van der Waals surface area contributed by atoms with E-state index in [0.29, 0.717) is 23.8 Å². The molecule has 120 valence electrons. The number of ether oxygens (including phenoxy) is 3. The van der Waals surface area contributed by atoms with Gasteiger partial charge in [-0.05, 0) is 17.5 Å². The van der Waals surface area contributed by atoms with Crippen molar-refractivity contribution in [1.82, 2.24) is 4.98 Å². The van der Waals surface area contributed by atoms with Crippen molar-refractivity contribution in [2.75, 3.05) is 26.6 Å². The zero-order chi connectivity index (χ0) is 16.2. The Morgan fingerprint density at radius 1 is 0.913 bits per heavy atom. The number of benzene rings is 2. The summed E-state index contributed by atoms with van der Waals surface area (Å²) in [6.45, 7) is 0.674. The van der Waals surface area contributed by atoms with E-state index in [1.807, 2.05) is 24.3 Å². The van der Waals surface area contributed by atoms with Gasteiger partial charge < -0.3 is 24.5 Å². The number of hydrogen-bond donors (Lipinski definition) is 2. The highest BCUT2D eigenvalue weighted by atomic mass is 16.5. The van der Waals surface area contributed by atoms with Gasteiger partial charge in [-0.2, -0.15) is 0 Å². The second-order valence-electron chi connectivity index (χ2n) is 5.15. The van der Waals surface area contributed by atoms with Crippen LogP contribution in [0.5, 0.6) is 17.2 Å². The number of nitrogens with one attached hydrogen (secondary N) is 2. The number of aromatic amines is 1. The Kier molecular flexibility index (Phi) is 4.28. The summed E-state index contributed by atoms with van der Waals surface area (Å²) in [5, 5.41) is 4.58. The fourth-order valence-corrected chi connectivity index (χ4v) is 2.61. The number of aromatic nitrogens is 1. The maximum Gasteiger partial charge on any atom is 0.203 e. The predicted molar refractivity (Wildman–Crippen MR) is 91.7 cm³/mol. The van der Waals surface area contributed by atoms with Crippen molar-refractivity contribution < 1.29 is 14.2 Å². The van der Waals surface area contributed by atoms with E-state index in [9.17, 15) is 0 Å². The maximum atomic E-state index is 5.37. The molecular weight excluding hydrogens is 292 g/mol. The molecule has 23 heavy (non-hydrogen) atoms. The lowest BCUT2D eigenvalue weighted by Crippen LogP contribution is -2.02. The molecule has 3 rings (SSSR count). The van der Waals surface area contributed by atoms with Crippen molar-refractivity contribution in [1.29, 1.82) is 0 Å². The predicted octanol–water partition coefficient (Wildman–Crippen LogP) is 3.81. The Hall–Kier alpha value is -2.82. The largest absolute Gasteiger partial charge is 0.493 e. The van der Waals surface area contributed by atoms with Crippen LogP contribution < -0.4 is 19.5 Å². The second-order valence-corrected chi connectivity index (χ2v) is 5.15. The highest BCUT2D eigenvalue weighted by Gasteiger charge is 2.13. The third-order valence-electron chi connectivity index (χ3n) is 3.73. The van der Waals surface area contributed by atoms with Gasteiger partial charge in [-0.3, -0.25) is 0 Å². The summed E-state index contributed by atoms with van der Waals surface area (Å²) in [4.78, 5) is 3.40. The number of fused-ring (bicyclic) bond motifs is 1. The number of H-pyrrole nitrogens is 1. The van der Waals surface area contributed by atoms with Crippen LogP contribution >= 0.6 is 0 Å². The number of para-hydroxylation sites is 1. The SMILES string of the molecule is COc1cc(NCc2cc3ccccc3[nH]2)cc(OC)c1OC. The van der Waals surface area contributed by atoms with Crippen molar-refractivity contribution in [2.24, 2.45) is 0 Å². The van der Waals surface area contributed by atoms with Gasteiger partial charge >= 0.3 is 0 Å². The van der Waals surface area contributed by atoms with Crippen molar-refractivity contribution >= 4 is 16.6 Å². The molecule has 1 aromatic heterocycles. The van der Waals surface area contributed by atoms with Crippen molar-refractivity contribution in [3.8, 4) is 17.2 Å². The smallest absolute Gasteiger partial charge is 0.203 e. The summed E-state index contributed by atoms with van der Waals surface area (Å²) in [5.74, 6) is 1.85. The summed E-state index contributed by atoms with van der Waals surface area (Å²) in [5.41, 5.74) is 3.15. The third kappa shape index (κ3) is 3.04. The van der Waals surface area contributed by atoms with E-state index in [1.54, 1.807) is 21.3 Å². The van der Waals surface area contributed by atoms with Crippen molar-refractivity contribution in [3.63, 3.8) is 0 Å². The molecule has 3 aromatic rings. The molecule has 0 fully saturated rings. The lowest BCUT2D eigenvalue weighted by molar-refractivity contribution is 0.324. The Bertz CT molecular complexity index is 753. The van der Waals surface area contributed by atoms with Gasteiger partial charge in [0, 0.05) is 29.0 Å². The number of methoxy groups -OCH3 is 3. The van der Waals surface area contributed by atoms with E-state index in [1.165, 1.54) is 5.39 Å². The van der Waals surface area contributed by atoms with Crippen molar-refractivity contribution in [3.05, 3.63) is 48.2 Å². The fourth-order valence-electron chi connectivity index (χ4n) is 2.61. The first kappa shape index (κ1) is 15.1. The molecule has 1 heterocycles. The highest BCUT2D eigenvalue weighted by Crippen LogP contribution is 2.40. The molecule has 0 aliphatic carbocycles. The van der Waals surface area contributed by atoms with Crippen LogP contribution in [0.1, 0.15) is 5.69 Å². The molecule has 0 amide bonds. The van der Waals surface area contributed by atoms with Gasteiger partial charge in [0.2, 0.25) is 5.75 Å². The number of rotatable bonds is 6. The van der Waals surface area contributed by atoms with Crippen LogP contribution in [0.25, 0.3) is 10.9 Å². The van der Waals surface area contributed by atoms with Gasteiger partial charge in [-0.15, -0.1) is 0 Å². The molecule has 0 saturated heterocycles. The molecule has 0 aliphatic heterocycles. The maximum absolute atomic E-state index is 5.37. The fraction of sp³-hybridized carbons (Fsp3) is 0.222. The average molecular weight is 312 g/mol.